The minimum atomic E-state index is -1.12. The minimum Gasteiger partial charge on any atom is -0.465 e. The van der Waals surface area contributed by atoms with Gasteiger partial charge < -0.3 is 9.63 Å². The van der Waals surface area contributed by atoms with Crippen molar-refractivity contribution >= 4 is 11.8 Å². The summed E-state index contributed by atoms with van der Waals surface area (Å²) in [5, 5.41) is 13.7. The van der Waals surface area contributed by atoms with Crippen LogP contribution in [0.15, 0.2) is 10.7 Å². The van der Waals surface area contributed by atoms with Gasteiger partial charge in [-0.25, -0.2) is 4.79 Å². The predicted octanol–water partition coefficient (Wildman–Crippen LogP) is 1.07. The Kier molecular flexibility index (Phi) is 1.57. The van der Waals surface area contributed by atoms with Gasteiger partial charge in [0.2, 0.25) is 0 Å². The highest BCUT2D eigenvalue weighted by Gasteiger charge is 2.04. The van der Waals surface area contributed by atoms with Crippen molar-refractivity contribution in [2.24, 2.45) is 0 Å². The fourth-order valence-electron chi connectivity index (χ4n) is 0.534. The molecule has 1 amide bonds. The van der Waals surface area contributed by atoms with E-state index in [1.807, 2.05) is 0 Å². The van der Waals surface area contributed by atoms with Crippen LogP contribution in [-0.4, -0.2) is 16.4 Å². The quantitative estimate of drug-likeness (QED) is 0.615. The lowest BCUT2D eigenvalue weighted by atomic mass is 10.4. The van der Waals surface area contributed by atoms with E-state index >= 15 is 0 Å². The topological polar surface area (TPSA) is 75.4 Å². The molecule has 54 valence electrons. The van der Waals surface area contributed by atoms with Crippen LogP contribution in [-0.2, 0) is 0 Å². The Morgan fingerprint density at radius 2 is 2.60 bits per heavy atom. The lowest BCUT2D eigenvalue weighted by Gasteiger charge is -1.92. The first-order chi connectivity index (χ1) is 4.70. The Morgan fingerprint density at radius 1 is 1.90 bits per heavy atom. The molecule has 0 saturated carbocycles. The van der Waals surface area contributed by atoms with Gasteiger partial charge in [-0.05, 0) is 6.92 Å². The van der Waals surface area contributed by atoms with E-state index in [9.17, 15) is 4.79 Å². The molecule has 0 spiro atoms. The molecule has 5 heteroatoms. The number of carbonyl (C=O) groups is 1. The number of carboxylic acid groups (broad SMARTS) is 1. The molecule has 0 bridgehead atoms. The van der Waals surface area contributed by atoms with E-state index in [0.29, 0.717) is 11.4 Å². The van der Waals surface area contributed by atoms with Gasteiger partial charge in [-0.15, -0.1) is 0 Å². The van der Waals surface area contributed by atoms with Gasteiger partial charge in [0.25, 0.3) is 0 Å². The van der Waals surface area contributed by atoms with E-state index in [4.69, 9.17) is 5.11 Å². The molecule has 0 aliphatic heterocycles. The number of hydrogen-bond donors (Lipinski definition) is 2. The molecule has 10 heavy (non-hydrogen) atoms. The van der Waals surface area contributed by atoms with Crippen molar-refractivity contribution in [3.05, 3.63) is 12.0 Å². The number of hydrogen-bond acceptors (Lipinski definition) is 3. The second kappa shape index (κ2) is 2.38. The van der Waals surface area contributed by atoms with E-state index in [-0.39, 0.29) is 0 Å². The summed E-state index contributed by atoms with van der Waals surface area (Å²) in [5.74, 6) is 0.461. The Labute approximate surface area is 56.6 Å². The lowest BCUT2D eigenvalue weighted by molar-refractivity contribution is 0.209. The molecule has 5 nitrogen and oxygen atoms in total. The van der Waals surface area contributed by atoms with Crippen molar-refractivity contribution in [3.8, 4) is 0 Å². The van der Waals surface area contributed by atoms with E-state index in [2.05, 4.69) is 15.0 Å². The molecule has 1 aromatic heterocycles. The SMILES string of the molecule is Cc1oncc1NC(=O)O. The monoisotopic (exact) mass is 142 g/mol. The lowest BCUT2D eigenvalue weighted by Crippen LogP contribution is -2.06. The number of nitrogens with zero attached hydrogens (tertiary/aromatic N) is 1. The summed E-state index contributed by atoms with van der Waals surface area (Å²) < 4.78 is 4.59. The highest BCUT2D eigenvalue weighted by molar-refractivity contribution is 5.82. The average molecular weight is 142 g/mol. The van der Waals surface area contributed by atoms with Crippen molar-refractivity contribution in [2.75, 3.05) is 5.32 Å². The molecule has 0 atom stereocenters. The third kappa shape index (κ3) is 1.25. The highest BCUT2D eigenvalue weighted by Crippen LogP contribution is 2.11. The van der Waals surface area contributed by atoms with E-state index in [1.165, 1.54) is 6.20 Å². The third-order valence-electron chi connectivity index (χ3n) is 0.992. The highest BCUT2D eigenvalue weighted by atomic mass is 16.5. The first kappa shape index (κ1) is 6.60. The summed E-state index contributed by atoms with van der Waals surface area (Å²) in [5.41, 5.74) is 0.382. The molecule has 0 aromatic carbocycles. The predicted molar refractivity (Wildman–Crippen MR) is 32.9 cm³/mol. The molecule has 0 fully saturated rings. The molecule has 0 unspecified atom stereocenters. The maximum absolute atomic E-state index is 10.0. The van der Waals surface area contributed by atoms with Gasteiger partial charge in [0, 0.05) is 0 Å². The van der Waals surface area contributed by atoms with Gasteiger partial charge in [0.15, 0.2) is 5.76 Å². The molecular formula is C5H6N2O3. The van der Waals surface area contributed by atoms with Crippen LogP contribution in [0.3, 0.4) is 0 Å². The minimum absolute atomic E-state index is 0.382. The molecule has 0 radical (unpaired) electrons. The Hall–Kier alpha value is -1.52. The number of aryl methyl sites for hydroxylation is 1. The molecule has 1 rings (SSSR count). The molecule has 0 aliphatic rings. The fourth-order valence-corrected chi connectivity index (χ4v) is 0.534. The van der Waals surface area contributed by atoms with Gasteiger partial charge in [-0.3, -0.25) is 5.32 Å². The molecule has 1 aromatic rings. The van der Waals surface area contributed by atoms with Gasteiger partial charge in [-0.2, -0.15) is 0 Å². The normalized spacial score (nSPS) is 9.30. The van der Waals surface area contributed by atoms with E-state index in [0.717, 1.165) is 0 Å². The van der Waals surface area contributed by atoms with Crippen LogP contribution in [0, 0.1) is 6.92 Å². The van der Waals surface area contributed by atoms with Gasteiger partial charge in [0.1, 0.15) is 5.69 Å². The van der Waals surface area contributed by atoms with Crippen LogP contribution in [0.25, 0.3) is 0 Å². The zero-order valence-corrected chi connectivity index (χ0v) is 5.29. The molecule has 1 heterocycles. The third-order valence-corrected chi connectivity index (χ3v) is 0.992. The standard InChI is InChI=1S/C5H6N2O3/c1-3-4(2-6-10-3)7-5(8)9/h2,7H,1H3,(H,8,9). The van der Waals surface area contributed by atoms with E-state index in [1.54, 1.807) is 6.92 Å². The van der Waals surface area contributed by atoms with Crippen LogP contribution in [0.5, 0.6) is 0 Å². The Balaban J connectivity index is 2.74. The summed E-state index contributed by atoms with van der Waals surface area (Å²) in [6.45, 7) is 1.62. The van der Waals surface area contributed by atoms with Crippen molar-refractivity contribution in [1.29, 1.82) is 0 Å². The summed E-state index contributed by atoms with van der Waals surface area (Å²) in [6, 6.07) is 0. The zero-order valence-electron chi connectivity index (χ0n) is 5.29. The number of amides is 1. The van der Waals surface area contributed by atoms with Crippen molar-refractivity contribution in [3.63, 3.8) is 0 Å². The molecule has 0 saturated heterocycles. The van der Waals surface area contributed by atoms with Crippen molar-refractivity contribution in [1.82, 2.24) is 5.16 Å². The van der Waals surface area contributed by atoms with Gasteiger partial charge in [0.05, 0.1) is 6.20 Å². The Morgan fingerprint density at radius 3 is 3.00 bits per heavy atom. The van der Waals surface area contributed by atoms with Crippen LogP contribution >= 0.6 is 0 Å². The summed E-state index contributed by atoms with van der Waals surface area (Å²) in [7, 11) is 0. The summed E-state index contributed by atoms with van der Waals surface area (Å²) in [4.78, 5) is 10.0. The second-order valence-electron chi connectivity index (χ2n) is 1.73. The fraction of sp³-hybridized carbons (Fsp3) is 0.200. The first-order valence-corrected chi connectivity index (χ1v) is 2.61. The van der Waals surface area contributed by atoms with Gasteiger partial charge in [-0.1, -0.05) is 5.16 Å². The molecule has 2 N–H and O–H groups in total. The zero-order chi connectivity index (χ0) is 7.56. The first-order valence-electron chi connectivity index (χ1n) is 2.61. The Bertz CT molecular complexity index is 243. The molecular weight excluding hydrogens is 136 g/mol. The van der Waals surface area contributed by atoms with Crippen molar-refractivity contribution in [2.45, 2.75) is 6.92 Å². The van der Waals surface area contributed by atoms with E-state index < -0.39 is 6.09 Å². The number of nitrogens with one attached hydrogen (secondary N) is 1. The largest absolute Gasteiger partial charge is 0.465 e. The maximum atomic E-state index is 10.0. The average Bonchev–Trinajstić information content (AvgIpc) is 2.15. The summed E-state index contributed by atoms with van der Waals surface area (Å²) >= 11 is 0. The maximum Gasteiger partial charge on any atom is 0.409 e. The van der Waals surface area contributed by atoms with Gasteiger partial charge >= 0.3 is 6.09 Å². The van der Waals surface area contributed by atoms with Crippen molar-refractivity contribution < 1.29 is 14.4 Å². The molecule has 0 aliphatic carbocycles. The number of rotatable bonds is 1. The van der Waals surface area contributed by atoms with Crippen LogP contribution < -0.4 is 5.32 Å². The number of anilines is 1. The van der Waals surface area contributed by atoms with Crippen LogP contribution in [0.1, 0.15) is 5.76 Å². The smallest absolute Gasteiger partial charge is 0.409 e. The summed E-state index contributed by atoms with van der Waals surface area (Å²) in [6.07, 6.45) is 0.190. The number of aromatic nitrogens is 1. The van der Waals surface area contributed by atoms with Crippen LogP contribution in [0.4, 0.5) is 10.5 Å². The second-order valence-corrected chi connectivity index (χ2v) is 1.73. The van der Waals surface area contributed by atoms with Crippen LogP contribution in [0.2, 0.25) is 0 Å².